The average Bonchev–Trinajstić information content (AvgIpc) is 2.86. The van der Waals surface area contributed by atoms with Crippen molar-refractivity contribution < 1.29 is 0 Å². The van der Waals surface area contributed by atoms with E-state index in [9.17, 15) is 0 Å². The van der Waals surface area contributed by atoms with Crippen LogP contribution in [0.3, 0.4) is 0 Å². The molecule has 0 aliphatic heterocycles. The summed E-state index contributed by atoms with van der Waals surface area (Å²) >= 11 is 7.94. The number of nitrogen functional groups attached to an aromatic ring is 1. The fourth-order valence-corrected chi connectivity index (χ4v) is 3.16. The van der Waals surface area contributed by atoms with Crippen LogP contribution in [0.2, 0.25) is 5.02 Å². The van der Waals surface area contributed by atoms with E-state index in [0.717, 1.165) is 11.0 Å². The zero-order valence-corrected chi connectivity index (χ0v) is 11.4. The molecule has 0 bridgehead atoms. The summed E-state index contributed by atoms with van der Waals surface area (Å²) in [6.07, 6.45) is 0. The van der Waals surface area contributed by atoms with Gasteiger partial charge in [0, 0.05) is 0 Å². The van der Waals surface area contributed by atoms with Gasteiger partial charge < -0.3 is 10.3 Å². The molecule has 0 aliphatic carbocycles. The van der Waals surface area contributed by atoms with Gasteiger partial charge in [-0.15, -0.1) is 0 Å². The van der Waals surface area contributed by atoms with Crippen LogP contribution in [0.15, 0.2) is 29.0 Å². The molecule has 0 saturated carbocycles. The zero-order chi connectivity index (χ0) is 12.7. The molecule has 0 saturated heterocycles. The summed E-state index contributed by atoms with van der Waals surface area (Å²) in [6, 6.07) is 5.67. The lowest BCUT2D eigenvalue weighted by Crippen LogP contribution is -2.04. The van der Waals surface area contributed by atoms with Crippen LogP contribution in [0.25, 0.3) is 11.0 Å². The number of nitrogens with zero attached hydrogens (tertiary/aromatic N) is 2. The molecule has 0 unspecified atom stereocenters. The van der Waals surface area contributed by atoms with E-state index in [1.54, 1.807) is 11.3 Å². The van der Waals surface area contributed by atoms with Crippen LogP contribution in [0.4, 0.5) is 5.95 Å². The van der Waals surface area contributed by atoms with Crippen LogP contribution in [-0.4, -0.2) is 9.55 Å². The molecule has 18 heavy (non-hydrogen) atoms. The topological polar surface area (TPSA) is 43.8 Å². The minimum atomic E-state index is 0.503. The largest absolute Gasteiger partial charge is 0.369 e. The van der Waals surface area contributed by atoms with Crippen molar-refractivity contribution in [3.8, 4) is 0 Å². The van der Waals surface area contributed by atoms with E-state index in [1.807, 2.05) is 22.8 Å². The van der Waals surface area contributed by atoms with E-state index < -0.39 is 0 Å². The third-order valence-corrected chi connectivity index (χ3v) is 4.25. The zero-order valence-electron chi connectivity index (χ0n) is 9.85. The second-order valence-electron chi connectivity index (χ2n) is 4.24. The minimum absolute atomic E-state index is 0.503. The van der Waals surface area contributed by atoms with Gasteiger partial charge in [0.25, 0.3) is 0 Å². The maximum absolute atomic E-state index is 6.24. The Hall–Kier alpha value is -1.52. The number of anilines is 1. The molecule has 2 aromatic heterocycles. The summed E-state index contributed by atoms with van der Waals surface area (Å²) in [6.45, 7) is 2.81. The molecule has 0 spiro atoms. The third kappa shape index (κ3) is 1.78. The number of hydrogen-bond donors (Lipinski definition) is 1. The fraction of sp³-hybridized carbons (Fsp3) is 0.154. The number of rotatable bonds is 2. The molecule has 2 N–H and O–H groups in total. The molecule has 1 aromatic carbocycles. The number of aryl methyl sites for hydroxylation is 1. The first kappa shape index (κ1) is 11.6. The molecule has 3 nitrogen and oxygen atoms in total. The van der Waals surface area contributed by atoms with Crippen LogP contribution in [0.5, 0.6) is 0 Å². The molecule has 0 aliphatic rings. The summed E-state index contributed by atoms with van der Waals surface area (Å²) < 4.78 is 1.96. The standard InChI is InChI=1S/C13H12ClN3S/c1-8-6-18-7-9(8)5-17-12-10(14)3-2-4-11(12)16-13(17)15/h2-4,6-7H,5H2,1H3,(H2,15,16). The second-order valence-corrected chi connectivity index (χ2v) is 5.39. The predicted molar refractivity (Wildman–Crippen MR) is 77.3 cm³/mol. The highest BCUT2D eigenvalue weighted by molar-refractivity contribution is 7.08. The first-order valence-electron chi connectivity index (χ1n) is 5.58. The Kier molecular flexibility index (Phi) is 2.76. The summed E-state index contributed by atoms with van der Waals surface area (Å²) in [7, 11) is 0. The normalized spacial score (nSPS) is 11.2. The van der Waals surface area contributed by atoms with Crippen LogP contribution in [0, 0.1) is 6.92 Å². The maximum atomic E-state index is 6.24. The van der Waals surface area contributed by atoms with E-state index in [1.165, 1.54) is 11.1 Å². The highest BCUT2D eigenvalue weighted by Gasteiger charge is 2.12. The van der Waals surface area contributed by atoms with Gasteiger partial charge in [0.1, 0.15) is 0 Å². The van der Waals surface area contributed by atoms with Crippen molar-refractivity contribution in [1.29, 1.82) is 0 Å². The quantitative estimate of drug-likeness (QED) is 0.776. The number of imidazole rings is 1. The van der Waals surface area contributed by atoms with Gasteiger partial charge in [-0.25, -0.2) is 4.98 Å². The highest BCUT2D eigenvalue weighted by Crippen LogP contribution is 2.27. The number of fused-ring (bicyclic) bond motifs is 1. The maximum Gasteiger partial charge on any atom is 0.201 e. The summed E-state index contributed by atoms with van der Waals surface area (Å²) in [4.78, 5) is 4.34. The Bertz CT molecular complexity index is 714. The van der Waals surface area contributed by atoms with E-state index in [-0.39, 0.29) is 0 Å². The van der Waals surface area contributed by atoms with Gasteiger partial charge in [-0.1, -0.05) is 17.7 Å². The summed E-state index contributed by atoms with van der Waals surface area (Å²) in [5.41, 5.74) is 10.3. The lowest BCUT2D eigenvalue weighted by molar-refractivity contribution is 0.836. The lowest BCUT2D eigenvalue weighted by atomic mass is 10.2. The molecule has 3 aromatic rings. The van der Waals surface area contributed by atoms with Gasteiger partial charge in [-0.05, 0) is 40.9 Å². The number of aromatic nitrogens is 2. The molecule has 0 atom stereocenters. The Balaban J connectivity index is 2.17. The summed E-state index contributed by atoms with van der Waals surface area (Å²) in [5, 5.41) is 4.95. The highest BCUT2D eigenvalue weighted by atomic mass is 35.5. The average molecular weight is 278 g/mol. The molecule has 2 heterocycles. The van der Waals surface area contributed by atoms with Gasteiger partial charge in [0.05, 0.1) is 22.6 Å². The van der Waals surface area contributed by atoms with Crippen LogP contribution < -0.4 is 5.73 Å². The van der Waals surface area contributed by atoms with Crippen molar-refractivity contribution in [2.24, 2.45) is 0 Å². The molecule has 0 radical (unpaired) electrons. The van der Waals surface area contributed by atoms with Gasteiger partial charge in [-0.3, -0.25) is 0 Å². The molecule has 92 valence electrons. The van der Waals surface area contributed by atoms with Crippen molar-refractivity contribution >= 4 is 39.9 Å². The minimum Gasteiger partial charge on any atom is -0.369 e. The number of nitrogens with two attached hydrogens (primary N) is 1. The van der Waals surface area contributed by atoms with Crippen LogP contribution in [0.1, 0.15) is 11.1 Å². The van der Waals surface area contributed by atoms with E-state index in [4.69, 9.17) is 17.3 Å². The number of para-hydroxylation sites is 1. The van der Waals surface area contributed by atoms with Crippen molar-refractivity contribution in [3.05, 3.63) is 45.1 Å². The smallest absolute Gasteiger partial charge is 0.201 e. The van der Waals surface area contributed by atoms with Crippen LogP contribution >= 0.6 is 22.9 Å². The molecular weight excluding hydrogens is 266 g/mol. The number of halogens is 1. The monoisotopic (exact) mass is 277 g/mol. The van der Waals surface area contributed by atoms with Crippen molar-refractivity contribution in [1.82, 2.24) is 9.55 Å². The first-order valence-corrected chi connectivity index (χ1v) is 6.91. The Morgan fingerprint density at radius 2 is 2.22 bits per heavy atom. The molecule has 3 rings (SSSR count). The Morgan fingerprint density at radius 1 is 1.39 bits per heavy atom. The van der Waals surface area contributed by atoms with E-state index in [2.05, 4.69) is 22.7 Å². The summed E-state index contributed by atoms with van der Waals surface area (Å²) in [5.74, 6) is 0.503. The first-order chi connectivity index (χ1) is 8.66. The number of benzene rings is 1. The molecule has 5 heteroatoms. The van der Waals surface area contributed by atoms with Crippen molar-refractivity contribution in [2.45, 2.75) is 13.5 Å². The van der Waals surface area contributed by atoms with Gasteiger partial charge >= 0.3 is 0 Å². The number of thiophene rings is 1. The van der Waals surface area contributed by atoms with Gasteiger partial charge in [-0.2, -0.15) is 11.3 Å². The van der Waals surface area contributed by atoms with E-state index >= 15 is 0 Å². The predicted octanol–water partition coefficient (Wildman–Crippen LogP) is 3.69. The Morgan fingerprint density at radius 3 is 2.94 bits per heavy atom. The van der Waals surface area contributed by atoms with Crippen molar-refractivity contribution in [3.63, 3.8) is 0 Å². The number of hydrogen-bond acceptors (Lipinski definition) is 3. The van der Waals surface area contributed by atoms with Crippen LogP contribution in [-0.2, 0) is 6.54 Å². The SMILES string of the molecule is Cc1cscc1Cn1c(N)nc2cccc(Cl)c21. The second kappa shape index (κ2) is 4.30. The lowest BCUT2D eigenvalue weighted by Gasteiger charge is -2.07. The molecule has 0 amide bonds. The van der Waals surface area contributed by atoms with Crippen molar-refractivity contribution in [2.75, 3.05) is 5.73 Å². The van der Waals surface area contributed by atoms with E-state index in [0.29, 0.717) is 17.5 Å². The third-order valence-electron chi connectivity index (χ3n) is 3.04. The molecular formula is C13H12ClN3S. The van der Waals surface area contributed by atoms with Gasteiger partial charge in [0.15, 0.2) is 0 Å². The van der Waals surface area contributed by atoms with Gasteiger partial charge in [0.2, 0.25) is 5.95 Å². The Labute approximate surface area is 114 Å². The fourth-order valence-electron chi connectivity index (χ4n) is 2.04. The molecule has 0 fully saturated rings.